The highest BCUT2D eigenvalue weighted by atomic mass is 16.2. The van der Waals surface area contributed by atoms with Gasteiger partial charge in [-0.25, -0.2) is 20.8 Å². The molecule has 2 aromatic heterocycles. The first-order chi connectivity index (χ1) is 17.9. The van der Waals surface area contributed by atoms with Crippen molar-refractivity contribution >= 4 is 29.0 Å². The molecule has 0 aliphatic carbocycles. The lowest BCUT2D eigenvalue weighted by Crippen LogP contribution is -2.46. The number of hydrazine groups is 1. The van der Waals surface area contributed by atoms with E-state index in [1.807, 2.05) is 11.1 Å². The van der Waals surface area contributed by atoms with Gasteiger partial charge in [-0.2, -0.15) is 0 Å². The van der Waals surface area contributed by atoms with Crippen LogP contribution in [-0.4, -0.2) is 56.3 Å². The summed E-state index contributed by atoms with van der Waals surface area (Å²) in [7, 11) is 0. The predicted molar refractivity (Wildman–Crippen MR) is 145 cm³/mol. The molecule has 1 saturated heterocycles. The van der Waals surface area contributed by atoms with Crippen LogP contribution in [0.25, 0.3) is 0 Å². The van der Waals surface area contributed by atoms with Crippen molar-refractivity contribution in [1.82, 2.24) is 24.8 Å². The number of piperidine rings is 1. The first-order valence-electron chi connectivity index (χ1n) is 12.8. The van der Waals surface area contributed by atoms with Crippen LogP contribution in [0.1, 0.15) is 52.0 Å². The predicted octanol–water partition coefficient (Wildman–Crippen LogP) is 3.15. The summed E-state index contributed by atoms with van der Waals surface area (Å²) < 4.78 is 0. The van der Waals surface area contributed by atoms with Crippen molar-refractivity contribution in [3.63, 3.8) is 0 Å². The van der Waals surface area contributed by atoms with Gasteiger partial charge < -0.3 is 21.4 Å². The average Bonchev–Trinajstić information content (AvgIpc) is 3.10. The number of hydrogen-bond acceptors (Lipinski definition) is 9. The van der Waals surface area contributed by atoms with E-state index in [1.54, 1.807) is 6.07 Å². The number of rotatable bonds is 5. The SMILES string of the molecule is Cc1cc(C)cc(Nc2ncc3c(n2)CCCN(C2CCN(C(=O)c4cnc(NN)c(N)c4)CC2)C3)c1. The summed E-state index contributed by atoms with van der Waals surface area (Å²) >= 11 is 0. The Kier molecular flexibility index (Phi) is 7.20. The number of aryl methyl sites for hydroxylation is 3. The highest BCUT2D eigenvalue weighted by Gasteiger charge is 2.29. The smallest absolute Gasteiger partial charge is 0.255 e. The van der Waals surface area contributed by atoms with Gasteiger partial charge >= 0.3 is 0 Å². The summed E-state index contributed by atoms with van der Waals surface area (Å²) in [4.78, 5) is 31.1. The van der Waals surface area contributed by atoms with Crippen LogP contribution in [0.4, 0.5) is 23.1 Å². The number of nitrogens with one attached hydrogen (secondary N) is 2. The van der Waals surface area contributed by atoms with E-state index in [0.29, 0.717) is 42.1 Å². The van der Waals surface area contributed by atoms with Crippen molar-refractivity contribution in [1.29, 1.82) is 0 Å². The molecule has 0 radical (unpaired) electrons. The van der Waals surface area contributed by atoms with Gasteiger partial charge in [-0.3, -0.25) is 9.69 Å². The van der Waals surface area contributed by atoms with E-state index in [0.717, 1.165) is 50.2 Å². The van der Waals surface area contributed by atoms with Crippen molar-refractivity contribution in [2.75, 3.05) is 36.1 Å². The third-order valence-corrected chi connectivity index (χ3v) is 7.23. The third kappa shape index (κ3) is 5.65. The lowest BCUT2D eigenvalue weighted by molar-refractivity contribution is 0.0609. The number of pyridine rings is 1. The highest BCUT2D eigenvalue weighted by Crippen LogP contribution is 2.26. The number of aromatic nitrogens is 3. The van der Waals surface area contributed by atoms with Crippen LogP contribution < -0.4 is 22.3 Å². The van der Waals surface area contributed by atoms with Crippen LogP contribution in [-0.2, 0) is 13.0 Å². The van der Waals surface area contributed by atoms with Crippen LogP contribution in [0.5, 0.6) is 0 Å². The second-order valence-electron chi connectivity index (χ2n) is 10.1. The van der Waals surface area contributed by atoms with E-state index in [4.69, 9.17) is 16.6 Å². The fraction of sp³-hybridized carbons (Fsp3) is 0.407. The second-order valence-corrected chi connectivity index (χ2v) is 10.1. The molecule has 0 atom stereocenters. The number of amides is 1. The summed E-state index contributed by atoms with van der Waals surface area (Å²) in [5.41, 5.74) is 15.0. The largest absolute Gasteiger partial charge is 0.396 e. The third-order valence-electron chi connectivity index (χ3n) is 7.23. The van der Waals surface area contributed by atoms with Gasteiger partial charge in [0.05, 0.1) is 16.9 Å². The number of hydrogen-bond donors (Lipinski definition) is 4. The average molecular weight is 502 g/mol. The van der Waals surface area contributed by atoms with Gasteiger partial charge in [-0.05, 0) is 75.4 Å². The topological polar surface area (TPSA) is 138 Å². The molecular formula is C27H35N9O. The second kappa shape index (κ2) is 10.7. The molecule has 3 aromatic rings. The van der Waals surface area contributed by atoms with Crippen LogP contribution in [0.15, 0.2) is 36.7 Å². The zero-order valence-electron chi connectivity index (χ0n) is 21.5. The Morgan fingerprint density at radius 3 is 2.49 bits per heavy atom. The molecule has 6 N–H and O–H groups in total. The molecule has 10 nitrogen and oxygen atoms in total. The van der Waals surface area contributed by atoms with Gasteiger partial charge in [0.15, 0.2) is 5.82 Å². The monoisotopic (exact) mass is 501 g/mol. The molecule has 0 spiro atoms. The van der Waals surface area contributed by atoms with Crippen molar-refractivity contribution in [3.8, 4) is 0 Å². The molecule has 1 amide bonds. The van der Waals surface area contributed by atoms with Crippen LogP contribution >= 0.6 is 0 Å². The van der Waals surface area contributed by atoms with E-state index in [1.165, 1.54) is 22.9 Å². The van der Waals surface area contributed by atoms with E-state index in [-0.39, 0.29) is 5.91 Å². The maximum Gasteiger partial charge on any atom is 0.255 e. The number of anilines is 4. The normalized spacial score (nSPS) is 16.7. The number of likely N-dealkylation sites (tertiary alicyclic amines) is 1. The number of fused-ring (bicyclic) bond motifs is 1. The Morgan fingerprint density at radius 2 is 1.78 bits per heavy atom. The zero-order chi connectivity index (χ0) is 25.9. The van der Waals surface area contributed by atoms with Gasteiger partial charge in [0.2, 0.25) is 5.95 Å². The van der Waals surface area contributed by atoms with E-state index < -0.39 is 0 Å². The maximum absolute atomic E-state index is 13.0. The number of carbonyl (C=O) groups is 1. The molecule has 1 aromatic carbocycles. The standard InChI is InChI=1S/C27H35N9O/c1-17-10-18(2)12-21(11-17)32-27-31-15-20-16-36(7-3-4-24(20)33-27)22-5-8-35(9-6-22)26(37)19-13-23(28)25(34-29)30-14-19/h10-15,22H,3-9,16,28-29H2,1-2H3,(H,30,34)(H,31,32,33). The van der Waals surface area contributed by atoms with Gasteiger partial charge in [-0.1, -0.05) is 6.07 Å². The van der Waals surface area contributed by atoms with Crippen LogP contribution in [0, 0.1) is 13.8 Å². The summed E-state index contributed by atoms with van der Waals surface area (Å²) in [5, 5.41) is 3.37. The first-order valence-corrected chi connectivity index (χ1v) is 12.8. The van der Waals surface area contributed by atoms with E-state index >= 15 is 0 Å². The molecule has 2 aliphatic heterocycles. The molecule has 1 fully saturated rings. The Labute approximate surface area is 217 Å². The molecule has 0 saturated carbocycles. The fourth-order valence-electron chi connectivity index (χ4n) is 5.42. The fourth-order valence-corrected chi connectivity index (χ4v) is 5.42. The van der Waals surface area contributed by atoms with E-state index in [9.17, 15) is 4.79 Å². The summed E-state index contributed by atoms with van der Waals surface area (Å²) in [6, 6.07) is 8.43. The molecule has 4 heterocycles. The van der Waals surface area contributed by atoms with Crippen molar-refractivity contribution in [2.45, 2.75) is 52.1 Å². The number of nitrogen functional groups attached to an aromatic ring is 2. The lowest BCUT2D eigenvalue weighted by atomic mass is 10.0. The lowest BCUT2D eigenvalue weighted by Gasteiger charge is -2.38. The maximum atomic E-state index is 13.0. The number of carbonyl (C=O) groups excluding carboxylic acids is 1. The Hall–Kier alpha value is -3.76. The molecule has 194 valence electrons. The van der Waals surface area contributed by atoms with Crippen LogP contribution in [0.2, 0.25) is 0 Å². The first kappa shape index (κ1) is 24.9. The van der Waals surface area contributed by atoms with Crippen molar-refractivity contribution in [3.05, 3.63) is 64.6 Å². The molecule has 2 aliphatic rings. The van der Waals surface area contributed by atoms with Gasteiger partial charge in [0.1, 0.15) is 0 Å². The Balaban J connectivity index is 1.20. The molecule has 0 unspecified atom stereocenters. The Morgan fingerprint density at radius 1 is 1.03 bits per heavy atom. The van der Waals surface area contributed by atoms with Gasteiger partial charge in [0, 0.05) is 49.3 Å². The summed E-state index contributed by atoms with van der Waals surface area (Å²) in [6.45, 7) is 7.46. The number of nitrogens with zero attached hydrogens (tertiary/aromatic N) is 5. The van der Waals surface area contributed by atoms with Gasteiger partial charge in [0.25, 0.3) is 5.91 Å². The van der Waals surface area contributed by atoms with Crippen molar-refractivity contribution < 1.29 is 4.79 Å². The van der Waals surface area contributed by atoms with Crippen LogP contribution in [0.3, 0.4) is 0 Å². The molecule has 10 heteroatoms. The minimum atomic E-state index is -0.0420. The highest BCUT2D eigenvalue weighted by molar-refractivity contribution is 5.95. The minimum Gasteiger partial charge on any atom is -0.396 e. The summed E-state index contributed by atoms with van der Waals surface area (Å²) in [6.07, 6.45) is 7.35. The molecule has 5 rings (SSSR count). The molecular weight excluding hydrogens is 466 g/mol. The van der Waals surface area contributed by atoms with Crippen molar-refractivity contribution in [2.24, 2.45) is 5.84 Å². The number of benzene rings is 1. The molecule has 37 heavy (non-hydrogen) atoms. The minimum absolute atomic E-state index is 0.0420. The zero-order valence-corrected chi connectivity index (χ0v) is 21.5. The summed E-state index contributed by atoms with van der Waals surface area (Å²) in [5.74, 6) is 6.37. The van der Waals surface area contributed by atoms with Gasteiger partial charge in [-0.15, -0.1) is 0 Å². The number of nitrogens with two attached hydrogens (primary N) is 2. The quantitative estimate of drug-likeness (QED) is 0.307. The molecule has 0 bridgehead atoms. The van der Waals surface area contributed by atoms with E-state index in [2.05, 4.69) is 57.7 Å². The Bertz CT molecular complexity index is 1270.